The number of nitrogen functional groups attached to an aromatic ring is 1. The lowest BCUT2D eigenvalue weighted by Crippen LogP contribution is -2.36. The third-order valence-corrected chi connectivity index (χ3v) is 3.72. The number of nitrogens with zero attached hydrogens (tertiary/aromatic N) is 2. The topological polar surface area (TPSA) is 75.9 Å². The highest BCUT2D eigenvalue weighted by atomic mass is 16.5. The molecule has 0 aliphatic carbocycles. The summed E-state index contributed by atoms with van der Waals surface area (Å²) < 4.78 is 5.24. The molecule has 6 heteroatoms. The first-order chi connectivity index (χ1) is 10.0. The maximum atomic E-state index is 12.7. The number of anilines is 1. The van der Waals surface area contributed by atoms with Crippen LogP contribution in [0.2, 0.25) is 0 Å². The number of carbonyl (C=O) groups excluding carboxylic acids is 2. The average Bonchev–Trinajstić information content (AvgIpc) is 2.72. The monoisotopic (exact) mass is 291 g/mol. The molecule has 1 aliphatic rings. The first kappa shape index (κ1) is 15.2. The Morgan fingerprint density at radius 2 is 1.81 bits per heavy atom. The summed E-state index contributed by atoms with van der Waals surface area (Å²) in [5.74, 6) is 0.379. The van der Waals surface area contributed by atoms with E-state index >= 15 is 0 Å². The Hall–Kier alpha value is -2.24. The van der Waals surface area contributed by atoms with E-state index in [0.717, 1.165) is 6.42 Å². The quantitative estimate of drug-likeness (QED) is 0.824. The van der Waals surface area contributed by atoms with Crippen LogP contribution in [0.1, 0.15) is 23.7 Å². The summed E-state index contributed by atoms with van der Waals surface area (Å²) in [4.78, 5) is 27.6. The summed E-state index contributed by atoms with van der Waals surface area (Å²) in [7, 11) is 1.52. The van der Waals surface area contributed by atoms with Crippen molar-refractivity contribution in [3.05, 3.63) is 23.8 Å². The minimum absolute atomic E-state index is 0.0427. The van der Waals surface area contributed by atoms with E-state index in [1.54, 1.807) is 34.9 Å². The van der Waals surface area contributed by atoms with Crippen molar-refractivity contribution >= 4 is 17.5 Å². The number of hydrogen-bond donors (Lipinski definition) is 1. The molecule has 0 atom stereocenters. The smallest absolute Gasteiger partial charge is 0.259 e. The van der Waals surface area contributed by atoms with Gasteiger partial charge in [-0.2, -0.15) is 0 Å². The second-order valence-corrected chi connectivity index (χ2v) is 5.08. The van der Waals surface area contributed by atoms with Gasteiger partial charge in [0.2, 0.25) is 5.91 Å². The van der Waals surface area contributed by atoms with Gasteiger partial charge in [0, 0.05) is 38.8 Å². The third kappa shape index (κ3) is 3.26. The summed E-state index contributed by atoms with van der Waals surface area (Å²) in [6.07, 6.45) is 0.764. The number of amides is 2. The van der Waals surface area contributed by atoms with E-state index in [1.807, 2.05) is 0 Å². The standard InChI is InChI=1S/C15H21N3O3/c1-11(19)17-7-4-8-18(10-9-17)15(20)14-12(16)5-3-6-13(14)21-2/h3,5-6H,4,7-10,16H2,1-2H3. The number of methoxy groups -OCH3 is 1. The zero-order chi connectivity index (χ0) is 15.4. The fourth-order valence-corrected chi connectivity index (χ4v) is 2.54. The molecule has 0 bridgehead atoms. The molecule has 1 saturated heterocycles. The minimum atomic E-state index is -0.143. The van der Waals surface area contributed by atoms with Crippen molar-refractivity contribution in [2.45, 2.75) is 13.3 Å². The van der Waals surface area contributed by atoms with Gasteiger partial charge in [-0.1, -0.05) is 6.07 Å². The molecule has 2 rings (SSSR count). The van der Waals surface area contributed by atoms with Crippen LogP contribution in [0.3, 0.4) is 0 Å². The molecular formula is C15H21N3O3. The highest BCUT2D eigenvalue weighted by molar-refractivity contribution is 6.01. The molecule has 0 saturated carbocycles. The van der Waals surface area contributed by atoms with Gasteiger partial charge in [0.1, 0.15) is 11.3 Å². The van der Waals surface area contributed by atoms with Crippen molar-refractivity contribution < 1.29 is 14.3 Å². The molecule has 114 valence electrons. The van der Waals surface area contributed by atoms with Gasteiger partial charge in [-0.15, -0.1) is 0 Å². The Morgan fingerprint density at radius 3 is 2.48 bits per heavy atom. The molecule has 0 radical (unpaired) electrons. The van der Waals surface area contributed by atoms with Crippen LogP contribution in [-0.4, -0.2) is 54.9 Å². The van der Waals surface area contributed by atoms with Crippen LogP contribution in [0.15, 0.2) is 18.2 Å². The van der Waals surface area contributed by atoms with Gasteiger partial charge < -0.3 is 20.3 Å². The van der Waals surface area contributed by atoms with Crippen LogP contribution in [0.5, 0.6) is 5.75 Å². The Labute approximate surface area is 124 Å². The first-order valence-electron chi connectivity index (χ1n) is 7.02. The predicted molar refractivity (Wildman–Crippen MR) is 80.2 cm³/mol. The fraction of sp³-hybridized carbons (Fsp3) is 0.467. The minimum Gasteiger partial charge on any atom is -0.496 e. The van der Waals surface area contributed by atoms with Crippen molar-refractivity contribution in [3.63, 3.8) is 0 Å². The van der Waals surface area contributed by atoms with E-state index < -0.39 is 0 Å². The summed E-state index contributed by atoms with van der Waals surface area (Å²) in [6, 6.07) is 5.17. The van der Waals surface area contributed by atoms with Crippen LogP contribution in [0.4, 0.5) is 5.69 Å². The van der Waals surface area contributed by atoms with Gasteiger partial charge in [-0.05, 0) is 18.6 Å². The number of nitrogens with two attached hydrogens (primary N) is 1. The van der Waals surface area contributed by atoms with Crippen LogP contribution in [0.25, 0.3) is 0 Å². The molecule has 1 heterocycles. The van der Waals surface area contributed by atoms with Crippen LogP contribution < -0.4 is 10.5 Å². The zero-order valence-electron chi connectivity index (χ0n) is 12.5. The van der Waals surface area contributed by atoms with E-state index in [-0.39, 0.29) is 11.8 Å². The SMILES string of the molecule is COc1cccc(N)c1C(=O)N1CCCN(C(C)=O)CC1. The van der Waals surface area contributed by atoms with Gasteiger partial charge in [-0.3, -0.25) is 9.59 Å². The van der Waals surface area contributed by atoms with Crippen molar-refractivity contribution in [2.75, 3.05) is 39.0 Å². The van der Waals surface area contributed by atoms with Crippen LogP contribution >= 0.6 is 0 Å². The van der Waals surface area contributed by atoms with Crippen LogP contribution in [0, 0.1) is 0 Å². The highest BCUT2D eigenvalue weighted by Crippen LogP contribution is 2.26. The lowest BCUT2D eigenvalue weighted by molar-refractivity contribution is -0.128. The second-order valence-electron chi connectivity index (χ2n) is 5.08. The van der Waals surface area contributed by atoms with Crippen molar-refractivity contribution in [1.82, 2.24) is 9.80 Å². The zero-order valence-corrected chi connectivity index (χ0v) is 12.5. The molecule has 1 aliphatic heterocycles. The number of ether oxygens (including phenoxy) is 1. The lowest BCUT2D eigenvalue weighted by Gasteiger charge is -2.23. The van der Waals surface area contributed by atoms with Crippen molar-refractivity contribution in [2.24, 2.45) is 0 Å². The van der Waals surface area contributed by atoms with E-state index in [4.69, 9.17) is 10.5 Å². The highest BCUT2D eigenvalue weighted by Gasteiger charge is 2.25. The summed E-state index contributed by atoms with van der Waals surface area (Å²) in [5.41, 5.74) is 6.74. The molecule has 0 aromatic heterocycles. The Morgan fingerprint density at radius 1 is 1.14 bits per heavy atom. The number of rotatable bonds is 2. The Balaban J connectivity index is 2.19. The molecule has 0 unspecified atom stereocenters. The molecule has 2 amide bonds. The molecular weight excluding hydrogens is 270 g/mol. The van der Waals surface area contributed by atoms with E-state index in [1.165, 1.54) is 7.11 Å². The van der Waals surface area contributed by atoms with Crippen LogP contribution in [-0.2, 0) is 4.79 Å². The fourth-order valence-electron chi connectivity index (χ4n) is 2.54. The van der Waals surface area contributed by atoms with Crippen molar-refractivity contribution in [3.8, 4) is 5.75 Å². The molecule has 21 heavy (non-hydrogen) atoms. The summed E-state index contributed by atoms with van der Waals surface area (Å²) >= 11 is 0. The van der Waals surface area contributed by atoms with E-state index in [9.17, 15) is 9.59 Å². The summed E-state index contributed by atoms with van der Waals surface area (Å²) in [5, 5.41) is 0. The van der Waals surface area contributed by atoms with Gasteiger partial charge in [0.05, 0.1) is 7.11 Å². The number of hydrogen-bond acceptors (Lipinski definition) is 4. The number of carbonyl (C=O) groups is 2. The van der Waals surface area contributed by atoms with Gasteiger partial charge in [0.15, 0.2) is 0 Å². The van der Waals surface area contributed by atoms with Gasteiger partial charge >= 0.3 is 0 Å². The molecule has 6 nitrogen and oxygen atoms in total. The van der Waals surface area contributed by atoms with E-state index in [2.05, 4.69) is 0 Å². The predicted octanol–water partition coefficient (Wildman–Crippen LogP) is 0.972. The second kappa shape index (κ2) is 6.47. The Kier molecular flexibility index (Phi) is 4.67. The lowest BCUT2D eigenvalue weighted by atomic mass is 10.1. The molecule has 2 N–H and O–H groups in total. The summed E-state index contributed by atoms with van der Waals surface area (Å²) in [6.45, 7) is 3.91. The van der Waals surface area contributed by atoms with Gasteiger partial charge in [0.25, 0.3) is 5.91 Å². The molecule has 0 spiro atoms. The molecule has 1 fully saturated rings. The van der Waals surface area contributed by atoms with Gasteiger partial charge in [-0.25, -0.2) is 0 Å². The molecule has 1 aromatic rings. The average molecular weight is 291 g/mol. The maximum Gasteiger partial charge on any atom is 0.259 e. The first-order valence-corrected chi connectivity index (χ1v) is 7.02. The largest absolute Gasteiger partial charge is 0.496 e. The number of benzene rings is 1. The van der Waals surface area contributed by atoms with Crippen molar-refractivity contribution in [1.29, 1.82) is 0 Å². The third-order valence-electron chi connectivity index (χ3n) is 3.72. The normalized spacial score (nSPS) is 15.5. The maximum absolute atomic E-state index is 12.7. The van der Waals surface area contributed by atoms with E-state index in [0.29, 0.717) is 43.2 Å². The molecule has 1 aromatic carbocycles. The Bertz CT molecular complexity index is 545.